The van der Waals surface area contributed by atoms with E-state index in [4.69, 9.17) is 4.74 Å². The van der Waals surface area contributed by atoms with Gasteiger partial charge in [0.15, 0.2) is 11.9 Å². The molecular formula is C18H18N2O3. The van der Waals surface area contributed by atoms with Crippen LogP contribution in [-0.4, -0.2) is 17.9 Å². The van der Waals surface area contributed by atoms with Crippen molar-refractivity contribution in [3.05, 3.63) is 53.1 Å². The van der Waals surface area contributed by atoms with Crippen LogP contribution in [0.5, 0.6) is 5.75 Å². The number of ether oxygens (including phenoxy) is 1. The number of hydrogen-bond donors (Lipinski definition) is 2. The Morgan fingerprint density at radius 1 is 1.17 bits per heavy atom. The highest BCUT2D eigenvalue weighted by Gasteiger charge is 2.27. The van der Waals surface area contributed by atoms with Gasteiger partial charge in [0.25, 0.3) is 11.8 Å². The summed E-state index contributed by atoms with van der Waals surface area (Å²) in [5.74, 6) is -0.0824. The Morgan fingerprint density at radius 2 is 1.87 bits per heavy atom. The van der Waals surface area contributed by atoms with Crippen molar-refractivity contribution >= 4 is 23.2 Å². The first-order chi connectivity index (χ1) is 10.9. The minimum absolute atomic E-state index is 0.218. The molecule has 23 heavy (non-hydrogen) atoms. The molecule has 0 fully saturated rings. The van der Waals surface area contributed by atoms with Gasteiger partial charge in [0.05, 0.1) is 11.3 Å². The lowest BCUT2D eigenvalue weighted by Crippen LogP contribution is -2.35. The molecule has 1 aliphatic rings. The van der Waals surface area contributed by atoms with Crippen LogP contribution in [-0.2, 0) is 4.79 Å². The van der Waals surface area contributed by atoms with E-state index < -0.39 is 6.10 Å². The number of rotatable bonds is 2. The van der Waals surface area contributed by atoms with Crippen molar-refractivity contribution in [2.24, 2.45) is 0 Å². The van der Waals surface area contributed by atoms with Crippen molar-refractivity contribution in [2.75, 3.05) is 10.6 Å². The molecule has 0 aliphatic carbocycles. The van der Waals surface area contributed by atoms with Gasteiger partial charge in [-0.1, -0.05) is 12.1 Å². The predicted molar refractivity (Wildman–Crippen MR) is 89.0 cm³/mol. The maximum absolute atomic E-state index is 12.6. The van der Waals surface area contributed by atoms with E-state index >= 15 is 0 Å². The van der Waals surface area contributed by atoms with Crippen LogP contribution in [0.15, 0.2) is 36.4 Å². The Balaban J connectivity index is 1.91. The Hall–Kier alpha value is -2.82. The number of benzene rings is 2. The van der Waals surface area contributed by atoms with E-state index in [9.17, 15) is 9.59 Å². The van der Waals surface area contributed by atoms with Crippen molar-refractivity contribution in [1.29, 1.82) is 0 Å². The summed E-state index contributed by atoms with van der Waals surface area (Å²) in [6, 6.07) is 11.0. The number of amides is 2. The molecule has 1 unspecified atom stereocenters. The number of para-hydroxylation sites is 1. The van der Waals surface area contributed by atoms with Crippen LogP contribution in [0.4, 0.5) is 11.4 Å². The highest BCUT2D eigenvalue weighted by atomic mass is 16.5. The van der Waals surface area contributed by atoms with Gasteiger partial charge in [-0.05, 0) is 56.2 Å². The average molecular weight is 310 g/mol. The molecule has 2 amide bonds. The second-order valence-corrected chi connectivity index (χ2v) is 5.76. The van der Waals surface area contributed by atoms with Gasteiger partial charge in [-0.25, -0.2) is 0 Å². The van der Waals surface area contributed by atoms with E-state index in [0.717, 1.165) is 16.8 Å². The van der Waals surface area contributed by atoms with Gasteiger partial charge in [-0.15, -0.1) is 0 Å². The molecule has 2 aromatic rings. The third kappa shape index (κ3) is 3.04. The molecule has 3 rings (SSSR count). The van der Waals surface area contributed by atoms with E-state index in [2.05, 4.69) is 10.6 Å². The number of nitrogens with one attached hydrogen (secondary N) is 2. The highest BCUT2D eigenvalue weighted by molar-refractivity contribution is 6.09. The largest absolute Gasteiger partial charge is 0.478 e. The van der Waals surface area contributed by atoms with Crippen molar-refractivity contribution in [2.45, 2.75) is 26.9 Å². The predicted octanol–water partition coefficient (Wildman–Crippen LogP) is 3.28. The molecule has 2 N–H and O–H groups in total. The summed E-state index contributed by atoms with van der Waals surface area (Å²) in [5.41, 5.74) is 3.80. The van der Waals surface area contributed by atoms with Gasteiger partial charge in [0.2, 0.25) is 0 Å². The maximum atomic E-state index is 12.6. The van der Waals surface area contributed by atoms with Crippen LogP contribution in [0.1, 0.15) is 28.4 Å². The Labute approximate surface area is 134 Å². The molecule has 1 aliphatic heterocycles. The van der Waals surface area contributed by atoms with Crippen LogP contribution in [0.3, 0.4) is 0 Å². The standard InChI is InChI=1S/C18H18N2O3/c1-10-7-11(2)9-13(8-10)19-18(22)14-5-4-6-15-16(14)23-12(3)17(21)20-15/h4-9,12H,1-3H3,(H,19,22)(H,20,21). The summed E-state index contributed by atoms with van der Waals surface area (Å²) < 4.78 is 5.61. The Kier molecular flexibility index (Phi) is 3.78. The lowest BCUT2D eigenvalue weighted by atomic mass is 10.1. The summed E-state index contributed by atoms with van der Waals surface area (Å²) in [6.07, 6.45) is -0.627. The third-order valence-corrected chi connectivity index (χ3v) is 3.66. The topological polar surface area (TPSA) is 67.4 Å². The fourth-order valence-corrected chi connectivity index (χ4v) is 2.65. The number of carbonyl (C=O) groups excluding carboxylic acids is 2. The van der Waals surface area contributed by atoms with Crippen LogP contribution in [0.2, 0.25) is 0 Å². The molecule has 5 nitrogen and oxygen atoms in total. The molecule has 0 spiro atoms. The first kappa shape index (κ1) is 15.1. The molecule has 0 aromatic heterocycles. The molecule has 2 aromatic carbocycles. The molecule has 118 valence electrons. The Morgan fingerprint density at radius 3 is 2.57 bits per heavy atom. The second kappa shape index (κ2) is 5.76. The van der Waals surface area contributed by atoms with Gasteiger partial charge >= 0.3 is 0 Å². The van der Waals surface area contributed by atoms with Crippen molar-refractivity contribution in [3.63, 3.8) is 0 Å². The summed E-state index contributed by atoms with van der Waals surface area (Å²) in [6.45, 7) is 5.61. The number of carbonyl (C=O) groups is 2. The highest BCUT2D eigenvalue weighted by Crippen LogP contribution is 2.33. The minimum Gasteiger partial charge on any atom is -0.478 e. The zero-order valence-electron chi connectivity index (χ0n) is 13.3. The maximum Gasteiger partial charge on any atom is 0.265 e. The molecule has 0 saturated carbocycles. The number of aryl methyl sites for hydroxylation is 2. The van der Waals surface area contributed by atoms with E-state index in [-0.39, 0.29) is 11.8 Å². The smallest absolute Gasteiger partial charge is 0.265 e. The third-order valence-electron chi connectivity index (χ3n) is 3.66. The molecular weight excluding hydrogens is 292 g/mol. The van der Waals surface area contributed by atoms with E-state index in [1.165, 1.54) is 0 Å². The summed E-state index contributed by atoms with van der Waals surface area (Å²) in [5, 5.41) is 5.63. The number of fused-ring (bicyclic) bond motifs is 1. The van der Waals surface area contributed by atoms with Crippen LogP contribution >= 0.6 is 0 Å². The molecule has 1 atom stereocenters. The SMILES string of the molecule is Cc1cc(C)cc(NC(=O)c2cccc3c2OC(C)C(=O)N3)c1. The van der Waals surface area contributed by atoms with Crippen LogP contribution in [0.25, 0.3) is 0 Å². The fourth-order valence-electron chi connectivity index (χ4n) is 2.65. The average Bonchev–Trinajstić information content (AvgIpc) is 2.46. The molecule has 1 heterocycles. The summed E-state index contributed by atoms with van der Waals surface area (Å²) in [4.78, 5) is 24.3. The zero-order chi connectivity index (χ0) is 16.6. The monoisotopic (exact) mass is 310 g/mol. The van der Waals surface area contributed by atoms with Gasteiger partial charge in [0, 0.05) is 5.69 Å². The summed E-state index contributed by atoms with van der Waals surface area (Å²) >= 11 is 0. The Bertz CT molecular complexity index is 779. The number of hydrogen-bond acceptors (Lipinski definition) is 3. The number of anilines is 2. The van der Waals surface area contributed by atoms with Crippen molar-refractivity contribution in [3.8, 4) is 5.75 Å². The van der Waals surface area contributed by atoms with Gasteiger partial charge in [0.1, 0.15) is 0 Å². The first-order valence-corrected chi connectivity index (χ1v) is 7.44. The van der Waals surface area contributed by atoms with Crippen molar-refractivity contribution in [1.82, 2.24) is 0 Å². The molecule has 0 saturated heterocycles. The molecule has 0 radical (unpaired) electrons. The molecule has 0 bridgehead atoms. The van der Waals surface area contributed by atoms with Gasteiger partial charge < -0.3 is 15.4 Å². The van der Waals surface area contributed by atoms with Crippen molar-refractivity contribution < 1.29 is 14.3 Å². The van der Waals surface area contributed by atoms with Crippen LogP contribution < -0.4 is 15.4 Å². The lowest BCUT2D eigenvalue weighted by molar-refractivity contribution is -0.122. The van der Waals surface area contributed by atoms with E-state index in [0.29, 0.717) is 17.0 Å². The molecule has 5 heteroatoms. The summed E-state index contributed by atoms with van der Waals surface area (Å²) in [7, 11) is 0. The zero-order valence-corrected chi connectivity index (χ0v) is 13.3. The minimum atomic E-state index is -0.627. The lowest BCUT2D eigenvalue weighted by Gasteiger charge is -2.25. The van der Waals surface area contributed by atoms with E-state index in [1.807, 2.05) is 32.0 Å². The van der Waals surface area contributed by atoms with E-state index in [1.54, 1.807) is 25.1 Å². The quantitative estimate of drug-likeness (QED) is 0.894. The van der Waals surface area contributed by atoms with Crippen LogP contribution in [0, 0.1) is 13.8 Å². The second-order valence-electron chi connectivity index (χ2n) is 5.76. The fraction of sp³-hybridized carbons (Fsp3) is 0.222. The van der Waals surface area contributed by atoms with Gasteiger partial charge in [-0.3, -0.25) is 9.59 Å². The van der Waals surface area contributed by atoms with Gasteiger partial charge in [-0.2, -0.15) is 0 Å². The first-order valence-electron chi connectivity index (χ1n) is 7.44. The normalized spacial score (nSPS) is 16.1.